The van der Waals surface area contributed by atoms with E-state index < -0.39 is 0 Å². The van der Waals surface area contributed by atoms with Crippen molar-refractivity contribution in [1.29, 1.82) is 0 Å². The zero-order valence-electron chi connectivity index (χ0n) is 9.91. The van der Waals surface area contributed by atoms with Crippen LogP contribution >= 0.6 is 0 Å². The molecule has 1 rings (SSSR count). The van der Waals surface area contributed by atoms with Crippen molar-refractivity contribution in [2.45, 2.75) is 53.9 Å². The molecule has 0 bridgehead atoms. The second-order valence-electron chi connectivity index (χ2n) is 3.89. The van der Waals surface area contributed by atoms with E-state index in [1.807, 2.05) is 13.8 Å². The summed E-state index contributed by atoms with van der Waals surface area (Å²) in [6.45, 7) is 14.7. The van der Waals surface area contributed by atoms with Gasteiger partial charge in [0.15, 0.2) is 0 Å². The van der Waals surface area contributed by atoms with Gasteiger partial charge in [-0.2, -0.15) is 0 Å². The third-order valence-corrected chi connectivity index (χ3v) is 2.57. The maximum Gasteiger partial charge on any atom is -0.0274 e. The molecule has 0 aromatic rings. The second-order valence-corrected chi connectivity index (χ2v) is 3.89. The highest BCUT2D eigenvalue weighted by atomic mass is 14.2. The van der Waals surface area contributed by atoms with Crippen molar-refractivity contribution < 1.29 is 0 Å². The molecular formula is C13H24. The molecule has 0 saturated carbocycles. The highest BCUT2D eigenvalue weighted by Gasteiger charge is 2.14. The van der Waals surface area contributed by atoms with Crippen molar-refractivity contribution in [3.63, 3.8) is 0 Å². The number of rotatable bonds is 1. The number of allylic oxidation sites excluding steroid dienone is 3. The largest absolute Gasteiger partial charge is 0.0958 e. The highest BCUT2D eigenvalue weighted by molar-refractivity contribution is 5.32. The Labute approximate surface area is 83.7 Å². The fourth-order valence-corrected chi connectivity index (χ4v) is 1.93. The Balaban J connectivity index is 0.000000671. The zero-order chi connectivity index (χ0) is 10.4. The minimum Gasteiger partial charge on any atom is -0.0958 e. The quantitative estimate of drug-likeness (QED) is 0.547. The molecule has 0 radical (unpaired) electrons. The van der Waals surface area contributed by atoms with Crippen LogP contribution in [-0.4, -0.2) is 0 Å². The average molecular weight is 180 g/mol. The van der Waals surface area contributed by atoms with Gasteiger partial charge < -0.3 is 0 Å². The van der Waals surface area contributed by atoms with E-state index in [0.717, 1.165) is 5.92 Å². The Morgan fingerprint density at radius 2 is 1.92 bits per heavy atom. The van der Waals surface area contributed by atoms with Crippen LogP contribution in [0.5, 0.6) is 0 Å². The summed E-state index contributed by atoms with van der Waals surface area (Å²) in [7, 11) is 0. The normalized spacial score (nSPS) is 22.1. The third kappa shape index (κ3) is 3.80. The summed E-state index contributed by atoms with van der Waals surface area (Å²) in [5.74, 6) is 0.887. The SMILES string of the molecule is C=C(C)C1=C(C)CC(C)CC1.CC. The first kappa shape index (κ1) is 12.5. The Morgan fingerprint density at radius 3 is 2.31 bits per heavy atom. The van der Waals surface area contributed by atoms with Crippen molar-refractivity contribution in [2.24, 2.45) is 5.92 Å². The van der Waals surface area contributed by atoms with Crippen LogP contribution in [0.2, 0.25) is 0 Å². The molecule has 0 nitrogen and oxygen atoms in total. The van der Waals surface area contributed by atoms with Crippen LogP contribution in [-0.2, 0) is 0 Å². The molecule has 0 spiro atoms. The molecule has 1 atom stereocenters. The highest BCUT2D eigenvalue weighted by Crippen LogP contribution is 2.31. The first-order valence-electron chi connectivity index (χ1n) is 5.45. The van der Waals surface area contributed by atoms with Gasteiger partial charge in [-0.15, -0.1) is 0 Å². The standard InChI is InChI=1S/C11H18.C2H6/c1-8(2)11-6-5-9(3)7-10(11)4;1-2/h9H,1,5-7H2,2-4H3;1-2H3. The first-order valence-corrected chi connectivity index (χ1v) is 5.45. The Kier molecular flexibility index (Phi) is 5.77. The van der Waals surface area contributed by atoms with Crippen LogP contribution in [0.3, 0.4) is 0 Å². The molecule has 0 heterocycles. The van der Waals surface area contributed by atoms with Gasteiger partial charge in [-0.1, -0.05) is 38.5 Å². The first-order chi connectivity index (χ1) is 6.11. The molecule has 0 aromatic carbocycles. The van der Waals surface area contributed by atoms with E-state index in [-0.39, 0.29) is 0 Å². The summed E-state index contributed by atoms with van der Waals surface area (Å²) in [6.07, 6.45) is 3.88. The summed E-state index contributed by atoms with van der Waals surface area (Å²) in [4.78, 5) is 0. The van der Waals surface area contributed by atoms with Crippen molar-refractivity contribution in [1.82, 2.24) is 0 Å². The summed E-state index contributed by atoms with van der Waals surface area (Å²) >= 11 is 0. The maximum absolute atomic E-state index is 4.00. The minimum absolute atomic E-state index is 0.887. The fourth-order valence-electron chi connectivity index (χ4n) is 1.93. The molecule has 1 unspecified atom stereocenters. The van der Waals surface area contributed by atoms with E-state index >= 15 is 0 Å². The van der Waals surface area contributed by atoms with Crippen LogP contribution in [0.15, 0.2) is 23.3 Å². The Morgan fingerprint density at radius 1 is 1.38 bits per heavy atom. The molecule has 13 heavy (non-hydrogen) atoms. The van der Waals surface area contributed by atoms with Crippen LogP contribution in [0.25, 0.3) is 0 Å². The van der Waals surface area contributed by atoms with Crippen LogP contribution in [0, 0.1) is 5.92 Å². The molecule has 0 N–H and O–H groups in total. The fraction of sp³-hybridized carbons (Fsp3) is 0.692. The van der Waals surface area contributed by atoms with Crippen LogP contribution in [0.1, 0.15) is 53.9 Å². The van der Waals surface area contributed by atoms with Gasteiger partial charge in [0.05, 0.1) is 0 Å². The van der Waals surface area contributed by atoms with Gasteiger partial charge in [0.25, 0.3) is 0 Å². The van der Waals surface area contributed by atoms with Gasteiger partial charge in [-0.3, -0.25) is 0 Å². The molecule has 0 saturated heterocycles. The van der Waals surface area contributed by atoms with Gasteiger partial charge in [0.1, 0.15) is 0 Å². The summed E-state index contributed by atoms with van der Waals surface area (Å²) < 4.78 is 0. The maximum atomic E-state index is 4.00. The minimum atomic E-state index is 0.887. The van der Waals surface area contributed by atoms with E-state index in [2.05, 4.69) is 27.4 Å². The molecule has 0 heteroatoms. The van der Waals surface area contributed by atoms with E-state index in [1.165, 1.54) is 30.4 Å². The Bertz CT molecular complexity index is 196. The molecule has 0 aromatic heterocycles. The molecule has 1 aliphatic rings. The van der Waals surface area contributed by atoms with Crippen molar-refractivity contribution in [3.05, 3.63) is 23.3 Å². The van der Waals surface area contributed by atoms with Crippen molar-refractivity contribution in [2.75, 3.05) is 0 Å². The topological polar surface area (TPSA) is 0 Å². The number of hydrogen-bond acceptors (Lipinski definition) is 0. The van der Waals surface area contributed by atoms with Gasteiger partial charge in [-0.05, 0) is 44.6 Å². The Hall–Kier alpha value is -0.520. The van der Waals surface area contributed by atoms with Gasteiger partial charge in [-0.25, -0.2) is 0 Å². The van der Waals surface area contributed by atoms with Gasteiger partial charge in [0, 0.05) is 0 Å². The summed E-state index contributed by atoms with van der Waals surface area (Å²) in [6, 6.07) is 0. The lowest BCUT2D eigenvalue weighted by molar-refractivity contribution is 0.498. The number of hydrogen-bond donors (Lipinski definition) is 0. The van der Waals surface area contributed by atoms with E-state index in [4.69, 9.17) is 0 Å². The monoisotopic (exact) mass is 180 g/mol. The van der Waals surface area contributed by atoms with Crippen LogP contribution in [0.4, 0.5) is 0 Å². The van der Waals surface area contributed by atoms with Crippen molar-refractivity contribution >= 4 is 0 Å². The second kappa shape index (κ2) is 6.01. The lowest BCUT2D eigenvalue weighted by atomic mass is 9.83. The smallest absolute Gasteiger partial charge is 0.0274 e. The predicted molar refractivity (Wildman–Crippen MR) is 61.9 cm³/mol. The van der Waals surface area contributed by atoms with Crippen LogP contribution < -0.4 is 0 Å². The van der Waals surface area contributed by atoms with Crippen molar-refractivity contribution in [3.8, 4) is 0 Å². The van der Waals surface area contributed by atoms with Gasteiger partial charge >= 0.3 is 0 Å². The van der Waals surface area contributed by atoms with E-state index in [9.17, 15) is 0 Å². The van der Waals surface area contributed by atoms with E-state index in [1.54, 1.807) is 5.57 Å². The average Bonchev–Trinajstić information content (AvgIpc) is 2.07. The summed E-state index contributed by atoms with van der Waals surface area (Å²) in [5, 5.41) is 0. The molecular weight excluding hydrogens is 156 g/mol. The van der Waals surface area contributed by atoms with Gasteiger partial charge in [0.2, 0.25) is 0 Å². The molecule has 0 aliphatic heterocycles. The molecule has 1 aliphatic carbocycles. The molecule has 0 fully saturated rings. The zero-order valence-corrected chi connectivity index (χ0v) is 9.91. The molecule has 0 amide bonds. The van der Waals surface area contributed by atoms with E-state index in [0.29, 0.717) is 0 Å². The lowest BCUT2D eigenvalue weighted by Gasteiger charge is -2.22. The summed E-state index contributed by atoms with van der Waals surface area (Å²) in [5.41, 5.74) is 4.37. The third-order valence-electron chi connectivity index (χ3n) is 2.57. The lowest BCUT2D eigenvalue weighted by Crippen LogP contribution is -2.06. The predicted octanol–water partition coefficient (Wildman–Crippen LogP) is 4.73. The molecule has 76 valence electrons.